The average Bonchev–Trinajstić information content (AvgIpc) is 2.77. The van der Waals surface area contributed by atoms with Crippen LogP contribution in [0.2, 0.25) is 0 Å². The number of anilines is 1. The Morgan fingerprint density at radius 2 is 1.80 bits per heavy atom. The molecule has 0 fully saturated rings. The Kier molecular flexibility index (Phi) is 6.79. The summed E-state index contributed by atoms with van der Waals surface area (Å²) in [5, 5.41) is 2.69. The molecule has 0 aromatic heterocycles. The van der Waals surface area contributed by atoms with Gasteiger partial charge in [-0.15, -0.1) is 0 Å². The fourth-order valence-electron chi connectivity index (χ4n) is 2.76. The molecule has 0 bridgehead atoms. The molecule has 3 rings (SSSR count). The number of ether oxygens (including phenoxy) is 5. The Morgan fingerprint density at radius 3 is 2.53 bits per heavy atom. The number of benzene rings is 2. The highest BCUT2D eigenvalue weighted by molar-refractivity contribution is 5.97. The van der Waals surface area contributed by atoms with Gasteiger partial charge >= 0.3 is 5.97 Å². The van der Waals surface area contributed by atoms with E-state index in [0.29, 0.717) is 47.5 Å². The molecule has 8 nitrogen and oxygen atoms in total. The van der Waals surface area contributed by atoms with Crippen molar-refractivity contribution >= 4 is 23.6 Å². The van der Waals surface area contributed by atoms with Crippen LogP contribution in [0, 0.1) is 0 Å². The number of hydrogen-bond donors (Lipinski definition) is 1. The maximum Gasteiger partial charge on any atom is 0.331 e. The lowest BCUT2D eigenvalue weighted by Crippen LogP contribution is -2.29. The van der Waals surface area contributed by atoms with Crippen molar-refractivity contribution in [2.24, 2.45) is 0 Å². The lowest BCUT2D eigenvalue weighted by atomic mass is 10.1. The van der Waals surface area contributed by atoms with Gasteiger partial charge in [0.25, 0.3) is 5.91 Å². The molecular weight excluding hydrogens is 390 g/mol. The van der Waals surface area contributed by atoms with E-state index in [1.165, 1.54) is 26.2 Å². The molecule has 0 radical (unpaired) electrons. The van der Waals surface area contributed by atoms with E-state index in [-0.39, 0.29) is 0 Å². The van der Waals surface area contributed by atoms with Gasteiger partial charge in [-0.3, -0.25) is 4.79 Å². The molecular formula is C22H23NO7. The molecule has 1 amide bonds. The Morgan fingerprint density at radius 1 is 1.03 bits per heavy atom. The van der Waals surface area contributed by atoms with Crippen LogP contribution in [-0.4, -0.2) is 45.4 Å². The Bertz CT molecular complexity index is 954. The van der Waals surface area contributed by atoms with E-state index < -0.39 is 18.0 Å². The van der Waals surface area contributed by atoms with Crippen molar-refractivity contribution in [3.8, 4) is 23.0 Å². The molecule has 0 saturated heterocycles. The van der Waals surface area contributed by atoms with Crippen LogP contribution in [0.15, 0.2) is 42.5 Å². The van der Waals surface area contributed by atoms with Crippen LogP contribution in [0.5, 0.6) is 23.0 Å². The van der Waals surface area contributed by atoms with Crippen LogP contribution < -0.4 is 24.3 Å². The molecule has 1 N–H and O–H groups in total. The summed E-state index contributed by atoms with van der Waals surface area (Å²) in [5.74, 6) is 1.24. The lowest BCUT2D eigenvalue weighted by Gasteiger charge is -2.19. The number of amides is 1. The predicted molar refractivity (Wildman–Crippen MR) is 110 cm³/mol. The maximum absolute atomic E-state index is 12.4. The number of hydrogen-bond acceptors (Lipinski definition) is 7. The largest absolute Gasteiger partial charge is 0.497 e. The average molecular weight is 413 g/mol. The first-order valence-corrected chi connectivity index (χ1v) is 9.31. The third kappa shape index (κ3) is 5.22. The van der Waals surface area contributed by atoms with Gasteiger partial charge in [0.15, 0.2) is 17.6 Å². The fraction of sp³-hybridized carbons (Fsp3) is 0.273. The minimum Gasteiger partial charge on any atom is -0.497 e. The topological polar surface area (TPSA) is 92.3 Å². The van der Waals surface area contributed by atoms with Gasteiger partial charge in [0.2, 0.25) is 0 Å². The second-order valence-electron chi connectivity index (χ2n) is 6.37. The fourth-order valence-corrected chi connectivity index (χ4v) is 2.76. The van der Waals surface area contributed by atoms with Crippen molar-refractivity contribution in [2.75, 3.05) is 32.8 Å². The summed E-state index contributed by atoms with van der Waals surface area (Å²) in [6, 6.07) is 10.3. The summed E-state index contributed by atoms with van der Waals surface area (Å²) >= 11 is 0. The smallest absolute Gasteiger partial charge is 0.331 e. The Balaban J connectivity index is 1.58. The Hall–Kier alpha value is -3.68. The molecule has 30 heavy (non-hydrogen) atoms. The highest BCUT2D eigenvalue weighted by Crippen LogP contribution is 2.32. The number of nitrogens with one attached hydrogen (secondary N) is 1. The minimum atomic E-state index is -0.998. The summed E-state index contributed by atoms with van der Waals surface area (Å²) in [4.78, 5) is 24.5. The van der Waals surface area contributed by atoms with E-state index in [0.717, 1.165) is 0 Å². The first-order valence-electron chi connectivity index (χ1n) is 9.31. The normalized spacial score (nSPS) is 13.4. The number of rotatable bonds is 7. The van der Waals surface area contributed by atoms with E-state index in [9.17, 15) is 9.59 Å². The van der Waals surface area contributed by atoms with Gasteiger partial charge in [0.05, 0.1) is 14.2 Å². The molecule has 1 aliphatic heterocycles. The third-order valence-corrected chi connectivity index (χ3v) is 4.31. The zero-order valence-electron chi connectivity index (χ0n) is 17.0. The van der Waals surface area contributed by atoms with Gasteiger partial charge in [0, 0.05) is 23.4 Å². The second-order valence-corrected chi connectivity index (χ2v) is 6.37. The van der Waals surface area contributed by atoms with E-state index in [2.05, 4.69) is 5.32 Å². The number of carbonyl (C=O) groups is 2. The van der Waals surface area contributed by atoms with E-state index >= 15 is 0 Å². The van der Waals surface area contributed by atoms with Crippen LogP contribution in [0.3, 0.4) is 0 Å². The van der Waals surface area contributed by atoms with E-state index in [4.69, 9.17) is 23.7 Å². The van der Waals surface area contributed by atoms with Gasteiger partial charge in [-0.05, 0) is 43.3 Å². The van der Waals surface area contributed by atoms with Crippen molar-refractivity contribution in [1.29, 1.82) is 0 Å². The highest BCUT2D eigenvalue weighted by Gasteiger charge is 2.18. The zero-order valence-corrected chi connectivity index (χ0v) is 17.0. The zero-order chi connectivity index (χ0) is 21.5. The van der Waals surface area contributed by atoms with Gasteiger partial charge in [-0.1, -0.05) is 0 Å². The summed E-state index contributed by atoms with van der Waals surface area (Å²) in [6.07, 6.45) is 1.77. The molecule has 2 aromatic rings. The standard InChI is InChI=1S/C22H23NO7/c1-14(22(25)23-16-5-7-19-20(13-16)29-11-10-28-19)30-21(24)9-4-15-12-17(26-2)6-8-18(15)27-3/h4-9,12-14H,10-11H2,1-3H3,(H,23,25)/b9-4+/t14-/m1/s1. The molecule has 0 saturated carbocycles. The molecule has 1 heterocycles. The number of carbonyl (C=O) groups excluding carboxylic acids is 2. The van der Waals surface area contributed by atoms with Gasteiger partial charge in [0.1, 0.15) is 24.7 Å². The van der Waals surface area contributed by atoms with E-state index in [1.807, 2.05) is 0 Å². The first-order chi connectivity index (χ1) is 14.5. The van der Waals surface area contributed by atoms with Gasteiger partial charge < -0.3 is 29.0 Å². The third-order valence-electron chi connectivity index (χ3n) is 4.31. The summed E-state index contributed by atoms with van der Waals surface area (Å²) in [7, 11) is 3.08. The molecule has 2 aromatic carbocycles. The monoisotopic (exact) mass is 413 g/mol. The van der Waals surface area contributed by atoms with E-state index in [1.54, 1.807) is 43.5 Å². The van der Waals surface area contributed by atoms with Crippen molar-refractivity contribution < 1.29 is 33.3 Å². The van der Waals surface area contributed by atoms with Crippen LogP contribution in [0.25, 0.3) is 6.08 Å². The lowest BCUT2D eigenvalue weighted by molar-refractivity contribution is -0.148. The predicted octanol–water partition coefficient (Wildman–Crippen LogP) is 3.06. The van der Waals surface area contributed by atoms with Crippen molar-refractivity contribution in [3.63, 3.8) is 0 Å². The summed E-state index contributed by atoms with van der Waals surface area (Å²) in [6.45, 7) is 2.43. The highest BCUT2D eigenvalue weighted by atomic mass is 16.6. The quantitative estimate of drug-likeness (QED) is 0.551. The summed E-state index contributed by atoms with van der Waals surface area (Å²) in [5.41, 5.74) is 1.16. The van der Waals surface area contributed by atoms with Crippen LogP contribution in [0.1, 0.15) is 12.5 Å². The molecule has 1 aliphatic rings. The summed E-state index contributed by atoms with van der Waals surface area (Å²) < 4.78 is 26.6. The molecule has 158 valence electrons. The van der Waals surface area contributed by atoms with Crippen LogP contribution >= 0.6 is 0 Å². The molecule has 8 heteroatoms. The van der Waals surface area contributed by atoms with Crippen LogP contribution in [-0.2, 0) is 14.3 Å². The molecule has 1 atom stereocenters. The molecule has 0 unspecified atom stereocenters. The number of fused-ring (bicyclic) bond motifs is 1. The van der Waals surface area contributed by atoms with Crippen molar-refractivity contribution in [3.05, 3.63) is 48.0 Å². The second kappa shape index (κ2) is 9.69. The molecule has 0 aliphatic carbocycles. The first kappa shape index (κ1) is 21.0. The molecule has 0 spiro atoms. The van der Waals surface area contributed by atoms with Crippen LogP contribution in [0.4, 0.5) is 5.69 Å². The number of methoxy groups -OCH3 is 2. The van der Waals surface area contributed by atoms with Crippen molar-refractivity contribution in [1.82, 2.24) is 0 Å². The minimum absolute atomic E-state index is 0.447. The Labute approximate surface area is 174 Å². The SMILES string of the molecule is COc1ccc(OC)c(/C=C/C(=O)O[C@H](C)C(=O)Nc2ccc3c(c2)OCCO3)c1. The number of esters is 1. The van der Waals surface area contributed by atoms with Crippen molar-refractivity contribution in [2.45, 2.75) is 13.0 Å². The maximum atomic E-state index is 12.4. The van der Waals surface area contributed by atoms with Gasteiger partial charge in [-0.25, -0.2) is 4.79 Å². The van der Waals surface area contributed by atoms with Gasteiger partial charge in [-0.2, -0.15) is 0 Å².